The molecular weight excluding hydrogens is 202 g/mol. The maximum Gasteiger partial charge on any atom is 0.302 e. The summed E-state index contributed by atoms with van der Waals surface area (Å²) in [6, 6.07) is 0.824. The fraction of sp³-hybridized carbons (Fsp3) is 0.923. The highest BCUT2D eigenvalue weighted by Gasteiger charge is 2.29. The molecule has 16 heavy (non-hydrogen) atoms. The molecule has 2 unspecified atom stereocenters. The van der Waals surface area contributed by atoms with Crippen molar-refractivity contribution in [1.29, 1.82) is 0 Å². The van der Waals surface area contributed by atoms with Gasteiger partial charge in [-0.25, -0.2) is 0 Å². The van der Waals surface area contributed by atoms with Gasteiger partial charge in [-0.2, -0.15) is 0 Å². The fourth-order valence-electron chi connectivity index (χ4n) is 3.10. The zero-order chi connectivity index (χ0) is 11.4. The Labute approximate surface area is 98.1 Å². The third kappa shape index (κ3) is 3.21. The van der Waals surface area contributed by atoms with Gasteiger partial charge in [-0.1, -0.05) is 6.42 Å². The van der Waals surface area contributed by atoms with Crippen molar-refractivity contribution in [2.75, 3.05) is 19.7 Å². The molecule has 0 spiro atoms. The maximum absolute atomic E-state index is 10.7. The molecule has 0 aromatic heterocycles. The Bertz CT molecular complexity index is 242. The number of nitrogens with zero attached hydrogens (tertiary/aromatic N) is 1. The van der Waals surface area contributed by atoms with Crippen LogP contribution in [0.15, 0.2) is 0 Å². The smallest absolute Gasteiger partial charge is 0.302 e. The Balaban J connectivity index is 1.70. The quantitative estimate of drug-likeness (QED) is 0.690. The number of esters is 1. The van der Waals surface area contributed by atoms with E-state index in [0.717, 1.165) is 18.4 Å². The van der Waals surface area contributed by atoms with Crippen LogP contribution in [0.2, 0.25) is 0 Å². The molecule has 0 aliphatic carbocycles. The van der Waals surface area contributed by atoms with Gasteiger partial charge < -0.3 is 9.64 Å². The largest absolute Gasteiger partial charge is 0.466 e. The van der Waals surface area contributed by atoms with Crippen LogP contribution in [0.5, 0.6) is 0 Å². The first-order valence-corrected chi connectivity index (χ1v) is 6.63. The van der Waals surface area contributed by atoms with E-state index in [1.54, 1.807) is 0 Å². The lowest BCUT2D eigenvalue weighted by Crippen LogP contribution is -2.45. The van der Waals surface area contributed by atoms with Gasteiger partial charge in [-0.3, -0.25) is 4.79 Å². The highest BCUT2D eigenvalue weighted by molar-refractivity contribution is 5.65. The first-order valence-electron chi connectivity index (χ1n) is 6.63. The van der Waals surface area contributed by atoms with Crippen molar-refractivity contribution < 1.29 is 9.53 Å². The summed E-state index contributed by atoms with van der Waals surface area (Å²) < 4.78 is 5.03. The zero-order valence-corrected chi connectivity index (χ0v) is 10.3. The molecule has 2 rings (SSSR count). The second-order valence-electron chi connectivity index (χ2n) is 5.20. The molecule has 3 nitrogen and oxygen atoms in total. The van der Waals surface area contributed by atoms with Crippen molar-refractivity contribution in [3.63, 3.8) is 0 Å². The fourth-order valence-corrected chi connectivity index (χ4v) is 3.10. The monoisotopic (exact) mass is 225 g/mol. The molecule has 2 atom stereocenters. The highest BCUT2D eigenvalue weighted by Crippen LogP contribution is 2.31. The average Bonchev–Trinajstić information content (AvgIpc) is 2.28. The van der Waals surface area contributed by atoms with E-state index < -0.39 is 0 Å². The van der Waals surface area contributed by atoms with Crippen LogP contribution in [-0.2, 0) is 9.53 Å². The van der Waals surface area contributed by atoms with Crippen molar-refractivity contribution in [2.45, 2.75) is 51.5 Å². The maximum atomic E-state index is 10.7. The van der Waals surface area contributed by atoms with Crippen LogP contribution < -0.4 is 0 Å². The summed E-state index contributed by atoms with van der Waals surface area (Å²) in [6.45, 7) is 4.67. The molecule has 0 bridgehead atoms. The summed E-state index contributed by atoms with van der Waals surface area (Å²) in [5.41, 5.74) is 0. The van der Waals surface area contributed by atoms with Gasteiger partial charge in [0, 0.05) is 13.0 Å². The van der Waals surface area contributed by atoms with Gasteiger partial charge >= 0.3 is 5.97 Å². The average molecular weight is 225 g/mol. The molecule has 0 aromatic carbocycles. The first kappa shape index (κ1) is 11.9. The summed E-state index contributed by atoms with van der Waals surface area (Å²) in [4.78, 5) is 13.3. The minimum Gasteiger partial charge on any atom is -0.466 e. The Morgan fingerprint density at radius 3 is 3.00 bits per heavy atom. The minimum atomic E-state index is -0.143. The number of ether oxygens (including phenoxy) is 1. The standard InChI is InChI=1S/C13H23NO2/c1-11(15)16-9-6-12-5-8-14-7-3-2-4-13(14)10-12/h12-13H,2-10H2,1H3. The van der Waals surface area contributed by atoms with Gasteiger partial charge in [0.2, 0.25) is 0 Å². The van der Waals surface area contributed by atoms with Crippen molar-refractivity contribution in [3.05, 3.63) is 0 Å². The Morgan fingerprint density at radius 2 is 2.19 bits per heavy atom. The molecule has 2 aliphatic rings. The number of rotatable bonds is 3. The topological polar surface area (TPSA) is 29.5 Å². The summed E-state index contributed by atoms with van der Waals surface area (Å²) in [6.07, 6.45) is 7.83. The molecule has 2 fully saturated rings. The van der Waals surface area contributed by atoms with Gasteiger partial charge in [0.15, 0.2) is 0 Å². The van der Waals surface area contributed by atoms with E-state index in [4.69, 9.17) is 4.74 Å². The van der Waals surface area contributed by atoms with Crippen molar-refractivity contribution in [2.24, 2.45) is 5.92 Å². The summed E-state index contributed by atoms with van der Waals surface area (Å²) >= 11 is 0. The van der Waals surface area contributed by atoms with Gasteiger partial charge in [0.25, 0.3) is 0 Å². The van der Waals surface area contributed by atoms with Crippen LogP contribution >= 0.6 is 0 Å². The molecule has 92 valence electrons. The molecule has 0 radical (unpaired) electrons. The van der Waals surface area contributed by atoms with Crippen LogP contribution in [0.3, 0.4) is 0 Å². The van der Waals surface area contributed by atoms with E-state index in [1.165, 1.54) is 52.1 Å². The second kappa shape index (κ2) is 5.67. The third-order valence-corrected chi connectivity index (χ3v) is 4.01. The predicted molar refractivity (Wildman–Crippen MR) is 63.2 cm³/mol. The lowest BCUT2D eigenvalue weighted by atomic mass is 9.84. The molecule has 0 aromatic rings. The van der Waals surface area contributed by atoms with Crippen LogP contribution in [0.25, 0.3) is 0 Å². The van der Waals surface area contributed by atoms with Gasteiger partial charge in [0.05, 0.1) is 6.61 Å². The van der Waals surface area contributed by atoms with Crippen LogP contribution in [0, 0.1) is 5.92 Å². The van der Waals surface area contributed by atoms with Gasteiger partial charge in [-0.05, 0) is 51.1 Å². The number of fused-ring (bicyclic) bond motifs is 1. The SMILES string of the molecule is CC(=O)OCCC1CCN2CCCCC2C1. The molecule has 3 heteroatoms. The molecular formula is C13H23NO2. The Morgan fingerprint density at radius 1 is 1.31 bits per heavy atom. The lowest BCUT2D eigenvalue weighted by Gasteiger charge is -2.42. The van der Waals surface area contributed by atoms with E-state index in [1.807, 2.05) is 0 Å². The van der Waals surface area contributed by atoms with Crippen LogP contribution in [-0.4, -0.2) is 36.6 Å². The molecule has 0 amide bonds. The molecule has 2 saturated heterocycles. The van der Waals surface area contributed by atoms with E-state index in [0.29, 0.717) is 6.61 Å². The summed E-state index contributed by atoms with van der Waals surface area (Å²) in [5.74, 6) is 0.633. The van der Waals surface area contributed by atoms with Crippen molar-refractivity contribution in [1.82, 2.24) is 4.90 Å². The number of carbonyl (C=O) groups excluding carboxylic acids is 1. The highest BCUT2D eigenvalue weighted by atomic mass is 16.5. The van der Waals surface area contributed by atoms with Crippen LogP contribution in [0.1, 0.15) is 45.4 Å². The number of hydrogen-bond acceptors (Lipinski definition) is 3. The van der Waals surface area contributed by atoms with E-state index >= 15 is 0 Å². The second-order valence-corrected chi connectivity index (χ2v) is 5.20. The Hall–Kier alpha value is -0.570. The summed E-state index contributed by atoms with van der Waals surface area (Å²) in [5, 5.41) is 0. The normalized spacial score (nSPS) is 30.8. The molecule has 0 saturated carbocycles. The van der Waals surface area contributed by atoms with E-state index in [9.17, 15) is 4.79 Å². The predicted octanol–water partition coefficient (Wildman–Crippen LogP) is 2.20. The third-order valence-electron chi connectivity index (χ3n) is 4.01. The molecule has 2 aliphatic heterocycles. The molecule has 0 N–H and O–H groups in total. The number of piperidine rings is 2. The van der Waals surface area contributed by atoms with Gasteiger partial charge in [0.1, 0.15) is 0 Å². The number of hydrogen-bond donors (Lipinski definition) is 0. The van der Waals surface area contributed by atoms with Crippen LogP contribution in [0.4, 0.5) is 0 Å². The first-order chi connectivity index (χ1) is 7.75. The Kier molecular flexibility index (Phi) is 4.22. The van der Waals surface area contributed by atoms with Crippen molar-refractivity contribution >= 4 is 5.97 Å². The zero-order valence-electron chi connectivity index (χ0n) is 10.3. The van der Waals surface area contributed by atoms with Crippen molar-refractivity contribution in [3.8, 4) is 0 Å². The van der Waals surface area contributed by atoms with Gasteiger partial charge in [-0.15, -0.1) is 0 Å². The van der Waals surface area contributed by atoms with E-state index in [2.05, 4.69) is 4.90 Å². The van der Waals surface area contributed by atoms with E-state index in [-0.39, 0.29) is 5.97 Å². The number of carbonyl (C=O) groups is 1. The lowest BCUT2D eigenvalue weighted by molar-refractivity contribution is -0.141. The molecule has 2 heterocycles. The summed E-state index contributed by atoms with van der Waals surface area (Å²) in [7, 11) is 0. The minimum absolute atomic E-state index is 0.143.